The van der Waals surface area contributed by atoms with Crippen LogP contribution in [-0.4, -0.2) is 64.4 Å². The van der Waals surface area contributed by atoms with Crippen LogP contribution in [0, 0.1) is 6.92 Å². The van der Waals surface area contributed by atoms with Crippen molar-refractivity contribution in [2.24, 2.45) is 0 Å². The molecule has 0 aliphatic heterocycles. The summed E-state index contributed by atoms with van der Waals surface area (Å²) in [6.07, 6.45) is -3.08. The second-order valence-corrected chi connectivity index (χ2v) is 8.18. The van der Waals surface area contributed by atoms with Crippen LogP contribution in [0.25, 0.3) is 11.0 Å². The summed E-state index contributed by atoms with van der Waals surface area (Å²) >= 11 is 1.20. The van der Waals surface area contributed by atoms with E-state index >= 15 is 0 Å². The normalized spacial score (nSPS) is 11.5. The number of rotatable bonds is 8. The quantitative estimate of drug-likeness (QED) is 0.337. The van der Waals surface area contributed by atoms with Gasteiger partial charge in [0.2, 0.25) is 0 Å². The monoisotopic (exact) mass is 496 g/mol. The van der Waals surface area contributed by atoms with Crippen molar-refractivity contribution in [3.63, 3.8) is 0 Å². The number of hydrogen-bond donors (Lipinski definition) is 0. The predicted octanol–water partition coefficient (Wildman–Crippen LogP) is 4.44. The number of pyridine rings is 1. The van der Waals surface area contributed by atoms with Crippen LogP contribution in [0.1, 0.15) is 18.2 Å². The highest BCUT2D eigenvalue weighted by molar-refractivity contribution is 7.98. The summed E-state index contributed by atoms with van der Waals surface area (Å²) in [4.78, 5) is 35.0. The van der Waals surface area contributed by atoms with Crippen molar-refractivity contribution >= 4 is 34.8 Å². The molecule has 0 atom stereocenters. The topological polar surface area (TPSA) is 86.6 Å². The third-order valence-electron chi connectivity index (χ3n) is 4.71. The smallest absolute Gasteiger partial charge is 0.422 e. The zero-order chi connectivity index (χ0) is 24.9. The molecule has 0 radical (unpaired) electrons. The van der Waals surface area contributed by atoms with Gasteiger partial charge in [-0.3, -0.25) is 9.78 Å². The number of ether oxygens (including phenoxy) is 2. The van der Waals surface area contributed by atoms with E-state index in [0.29, 0.717) is 27.4 Å². The molecule has 2 aromatic heterocycles. The van der Waals surface area contributed by atoms with Gasteiger partial charge in [0.05, 0.1) is 23.3 Å². The first kappa shape index (κ1) is 25.3. The lowest BCUT2D eigenvalue weighted by molar-refractivity contribution is -0.153. The lowest BCUT2D eigenvalue weighted by Gasteiger charge is -2.18. The van der Waals surface area contributed by atoms with Crippen molar-refractivity contribution in [2.45, 2.75) is 30.9 Å². The zero-order valence-electron chi connectivity index (χ0n) is 18.8. The summed E-state index contributed by atoms with van der Waals surface area (Å²) in [5, 5.41) is 0.352. The number of esters is 1. The first-order chi connectivity index (χ1) is 16.1. The molecule has 2 heterocycles. The van der Waals surface area contributed by atoms with Gasteiger partial charge in [-0.2, -0.15) is 13.2 Å². The maximum atomic E-state index is 13.2. The summed E-state index contributed by atoms with van der Waals surface area (Å²) in [5.74, 6) is -0.220. The van der Waals surface area contributed by atoms with E-state index in [4.69, 9.17) is 9.47 Å². The highest BCUT2D eigenvalue weighted by Crippen LogP contribution is 2.30. The molecule has 8 nitrogen and oxygen atoms in total. The Labute approximate surface area is 198 Å². The van der Waals surface area contributed by atoms with Crippen molar-refractivity contribution < 1.29 is 32.2 Å². The molecule has 34 heavy (non-hydrogen) atoms. The number of alkyl halides is 3. The van der Waals surface area contributed by atoms with Gasteiger partial charge < -0.3 is 14.4 Å². The van der Waals surface area contributed by atoms with E-state index in [9.17, 15) is 22.8 Å². The van der Waals surface area contributed by atoms with Crippen molar-refractivity contribution in [1.29, 1.82) is 0 Å². The van der Waals surface area contributed by atoms with Gasteiger partial charge in [-0.1, -0.05) is 23.9 Å². The number of fused-ring (bicyclic) bond motifs is 1. The summed E-state index contributed by atoms with van der Waals surface area (Å²) in [7, 11) is 1.48. The van der Waals surface area contributed by atoms with Crippen molar-refractivity contribution in [3.8, 4) is 5.75 Å². The predicted molar refractivity (Wildman–Crippen MR) is 120 cm³/mol. The van der Waals surface area contributed by atoms with Crippen LogP contribution < -0.4 is 4.74 Å². The average molecular weight is 497 g/mol. The molecule has 3 rings (SSSR count). The molecule has 0 spiro atoms. The first-order valence-electron chi connectivity index (χ1n) is 10.3. The second kappa shape index (κ2) is 10.8. The van der Waals surface area contributed by atoms with Crippen LogP contribution in [0.3, 0.4) is 0 Å². The number of aromatic nitrogens is 3. The maximum absolute atomic E-state index is 13.2. The number of halogens is 3. The highest BCUT2D eigenvalue weighted by atomic mass is 32.2. The Bertz CT molecular complexity index is 1180. The highest BCUT2D eigenvalue weighted by Gasteiger charge is 2.29. The van der Waals surface area contributed by atoms with Crippen molar-refractivity contribution in [2.75, 3.05) is 26.8 Å². The molecule has 0 saturated heterocycles. The standard InChI is InChI=1S/C22H23F3N4O4S/c1-4-32-19(30)11-28(3)21(31)29-17-8-6-5-7-15(17)27-20(29)34-12-16-14(2)18(9-10-26-16)33-13-22(23,24)25/h5-10H,4,11-13H2,1-3H3. The fourth-order valence-electron chi connectivity index (χ4n) is 3.08. The molecule has 0 bridgehead atoms. The van der Waals surface area contributed by atoms with Crippen molar-refractivity contribution in [3.05, 3.63) is 47.8 Å². The molecule has 182 valence electrons. The Balaban J connectivity index is 1.84. The van der Waals surface area contributed by atoms with Gasteiger partial charge >= 0.3 is 18.2 Å². The number of carbonyl (C=O) groups excluding carboxylic acids is 2. The van der Waals surface area contributed by atoms with Crippen LogP contribution in [0.15, 0.2) is 41.7 Å². The van der Waals surface area contributed by atoms with E-state index in [2.05, 4.69) is 9.97 Å². The molecule has 0 unspecified atom stereocenters. The van der Waals surface area contributed by atoms with Crippen LogP contribution in [0.5, 0.6) is 5.75 Å². The van der Waals surface area contributed by atoms with Gasteiger partial charge in [0.25, 0.3) is 0 Å². The van der Waals surface area contributed by atoms with Gasteiger partial charge in [0, 0.05) is 24.6 Å². The molecular weight excluding hydrogens is 473 g/mol. The third-order valence-corrected chi connectivity index (χ3v) is 5.66. The number of para-hydroxylation sites is 2. The Morgan fingerprint density at radius 3 is 2.65 bits per heavy atom. The van der Waals surface area contributed by atoms with E-state index in [0.717, 1.165) is 0 Å². The zero-order valence-corrected chi connectivity index (χ0v) is 19.6. The van der Waals surface area contributed by atoms with E-state index in [1.165, 1.54) is 40.5 Å². The first-order valence-corrected chi connectivity index (χ1v) is 11.2. The summed E-state index contributed by atoms with van der Waals surface area (Å²) in [6, 6.07) is 7.94. The number of carbonyl (C=O) groups is 2. The molecule has 12 heteroatoms. The minimum atomic E-state index is -4.45. The van der Waals surface area contributed by atoms with Crippen LogP contribution >= 0.6 is 11.8 Å². The molecule has 1 aromatic carbocycles. The number of benzene rings is 1. The number of hydrogen-bond acceptors (Lipinski definition) is 7. The summed E-state index contributed by atoms with van der Waals surface area (Å²) in [6.45, 7) is 1.87. The Hall–Kier alpha value is -3.28. The minimum Gasteiger partial charge on any atom is -0.484 e. The van der Waals surface area contributed by atoms with Gasteiger partial charge in [-0.15, -0.1) is 0 Å². The van der Waals surface area contributed by atoms with E-state index in [1.807, 2.05) is 0 Å². The van der Waals surface area contributed by atoms with Crippen LogP contribution in [0.2, 0.25) is 0 Å². The number of nitrogens with zero attached hydrogens (tertiary/aromatic N) is 4. The Morgan fingerprint density at radius 1 is 1.21 bits per heavy atom. The average Bonchev–Trinajstić information content (AvgIpc) is 3.14. The van der Waals surface area contributed by atoms with Crippen LogP contribution in [0.4, 0.5) is 18.0 Å². The molecule has 0 fully saturated rings. The van der Waals surface area contributed by atoms with E-state index in [1.54, 1.807) is 38.1 Å². The SMILES string of the molecule is CCOC(=O)CN(C)C(=O)n1c(SCc2nccc(OCC(F)(F)F)c2C)nc2ccccc21. The maximum Gasteiger partial charge on any atom is 0.422 e. The van der Waals surface area contributed by atoms with Gasteiger partial charge in [0.1, 0.15) is 12.3 Å². The molecule has 3 aromatic rings. The fraction of sp³-hybridized carbons (Fsp3) is 0.364. The van der Waals surface area contributed by atoms with Crippen LogP contribution in [-0.2, 0) is 15.3 Å². The molecule has 0 aliphatic rings. The number of likely N-dealkylation sites (N-methyl/N-ethyl adjacent to an activating group) is 1. The molecule has 0 aliphatic carbocycles. The van der Waals surface area contributed by atoms with Crippen molar-refractivity contribution in [1.82, 2.24) is 19.4 Å². The number of imidazole rings is 1. The molecule has 0 saturated carbocycles. The number of amides is 1. The summed E-state index contributed by atoms with van der Waals surface area (Å²) < 4.78 is 48.8. The van der Waals surface area contributed by atoms with Gasteiger partial charge in [0.15, 0.2) is 11.8 Å². The largest absolute Gasteiger partial charge is 0.484 e. The molecular formula is C22H23F3N4O4S. The summed E-state index contributed by atoms with van der Waals surface area (Å²) in [5.41, 5.74) is 2.09. The Morgan fingerprint density at radius 2 is 1.94 bits per heavy atom. The lowest BCUT2D eigenvalue weighted by atomic mass is 10.2. The van der Waals surface area contributed by atoms with Gasteiger partial charge in [-0.25, -0.2) is 14.3 Å². The number of thioether (sulfide) groups is 1. The van der Waals surface area contributed by atoms with E-state index < -0.39 is 24.8 Å². The molecule has 1 amide bonds. The van der Waals surface area contributed by atoms with E-state index in [-0.39, 0.29) is 24.7 Å². The minimum absolute atomic E-state index is 0.0849. The Kier molecular flexibility index (Phi) is 8.02. The lowest BCUT2D eigenvalue weighted by Crippen LogP contribution is -2.36. The third kappa shape index (κ3) is 6.19. The fourth-order valence-corrected chi connectivity index (χ4v) is 4.10. The second-order valence-electron chi connectivity index (χ2n) is 7.24. The van der Waals surface area contributed by atoms with Gasteiger partial charge in [-0.05, 0) is 32.0 Å². The molecule has 0 N–H and O–H groups in total.